The highest BCUT2D eigenvalue weighted by atomic mass is 16.1. The molecule has 1 saturated heterocycles. The lowest BCUT2D eigenvalue weighted by Crippen LogP contribution is -2.43. The van der Waals surface area contributed by atoms with E-state index in [9.17, 15) is 4.79 Å². The number of nitrogens with one attached hydrogen (secondary N) is 2. The lowest BCUT2D eigenvalue weighted by atomic mass is 9.97. The van der Waals surface area contributed by atoms with Gasteiger partial charge < -0.3 is 21.3 Å². The first kappa shape index (κ1) is 18.5. The monoisotopic (exact) mass is 358 g/mol. The molecule has 2 fully saturated rings. The molecule has 1 saturated carbocycles. The van der Waals surface area contributed by atoms with E-state index in [1.165, 1.54) is 25.7 Å². The molecule has 1 atom stereocenters. The molecule has 1 amide bonds. The van der Waals surface area contributed by atoms with Crippen molar-refractivity contribution < 1.29 is 4.79 Å². The summed E-state index contributed by atoms with van der Waals surface area (Å²) in [5, 5.41) is 6.91. The van der Waals surface area contributed by atoms with Crippen LogP contribution in [0.2, 0.25) is 0 Å². The maximum atomic E-state index is 11.6. The molecule has 1 aromatic rings. The highest BCUT2D eigenvalue weighted by molar-refractivity contribution is 5.80. The molecule has 0 aromatic carbocycles. The summed E-state index contributed by atoms with van der Waals surface area (Å²) in [5.74, 6) is 1.46. The SMILES string of the molecule is CN=C(NCc1cccnc1N1CCCC(C(N)=O)C1)NC1CCCC1. The van der Waals surface area contributed by atoms with Crippen molar-refractivity contribution in [2.45, 2.75) is 51.1 Å². The molecular weight excluding hydrogens is 328 g/mol. The number of anilines is 1. The number of hydrogen-bond acceptors (Lipinski definition) is 4. The smallest absolute Gasteiger partial charge is 0.222 e. The number of hydrogen-bond donors (Lipinski definition) is 3. The average Bonchev–Trinajstić information content (AvgIpc) is 3.18. The van der Waals surface area contributed by atoms with Crippen molar-refractivity contribution in [1.29, 1.82) is 0 Å². The summed E-state index contributed by atoms with van der Waals surface area (Å²) >= 11 is 0. The molecule has 0 radical (unpaired) electrons. The molecule has 1 unspecified atom stereocenters. The van der Waals surface area contributed by atoms with Gasteiger partial charge in [0.2, 0.25) is 5.91 Å². The Balaban J connectivity index is 1.64. The van der Waals surface area contributed by atoms with Crippen LogP contribution in [0.1, 0.15) is 44.1 Å². The quantitative estimate of drug-likeness (QED) is 0.546. The molecule has 0 spiro atoms. The number of nitrogens with two attached hydrogens (primary N) is 1. The van der Waals surface area contributed by atoms with Gasteiger partial charge in [0.05, 0.1) is 5.92 Å². The summed E-state index contributed by atoms with van der Waals surface area (Å²) in [6, 6.07) is 4.54. The molecule has 0 bridgehead atoms. The molecule has 2 heterocycles. The zero-order valence-electron chi connectivity index (χ0n) is 15.6. The topological polar surface area (TPSA) is 95.6 Å². The fraction of sp³-hybridized carbons (Fsp3) is 0.632. The summed E-state index contributed by atoms with van der Waals surface area (Å²) in [7, 11) is 1.80. The van der Waals surface area contributed by atoms with Crippen LogP contribution >= 0.6 is 0 Å². The third-order valence-corrected chi connectivity index (χ3v) is 5.36. The molecular formula is C19H30N6O. The largest absolute Gasteiger partial charge is 0.369 e. The number of amides is 1. The van der Waals surface area contributed by atoms with Crippen LogP contribution in [0.4, 0.5) is 5.82 Å². The number of pyridine rings is 1. The van der Waals surface area contributed by atoms with Crippen LogP contribution in [0.5, 0.6) is 0 Å². The van der Waals surface area contributed by atoms with Gasteiger partial charge >= 0.3 is 0 Å². The Morgan fingerprint density at radius 1 is 1.35 bits per heavy atom. The van der Waals surface area contributed by atoms with Crippen LogP contribution < -0.4 is 21.3 Å². The summed E-state index contributed by atoms with van der Waals surface area (Å²) in [5.41, 5.74) is 6.62. The van der Waals surface area contributed by atoms with Crippen molar-refractivity contribution in [1.82, 2.24) is 15.6 Å². The molecule has 2 aliphatic rings. The van der Waals surface area contributed by atoms with Gasteiger partial charge in [-0.25, -0.2) is 4.98 Å². The van der Waals surface area contributed by atoms with E-state index in [4.69, 9.17) is 5.73 Å². The fourth-order valence-corrected chi connectivity index (χ4v) is 3.89. The Morgan fingerprint density at radius 3 is 2.88 bits per heavy atom. The summed E-state index contributed by atoms with van der Waals surface area (Å²) < 4.78 is 0. The number of rotatable bonds is 5. The molecule has 1 aromatic heterocycles. The van der Waals surface area contributed by atoms with Crippen molar-refractivity contribution in [2.24, 2.45) is 16.6 Å². The molecule has 142 valence electrons. The fourth-order valence-electron chi connectivity index (χ4n) is 3.89. The zero-order chi connectivity index (χ0) is 18.4. The molecule has 4 N–H and O–H groups in total. The Kier molecular flexibility index (Phi) is 6.30. The van der Waals surface area contributed by atoms with E-state index in [2.05, 4.69) is 31.6 Å². The van der Waals surface area contributed by atoms with Crippen LogP contribution in [-0.2, 0) is 11.3 Å². The number of primary amides is 1. The lowest BCUT2D eigenvalue weighted by molar-refractivity contribution is -0.122. The van der Waals surface area contributed by atoms with Crippen molar-refractivity contribution in [2.75, 3.05) is 25.0 Å². The number of carbonyl (C=O) groups is 1. The van der Waals surface area contributed by atoms with E-state index in [-0.39, 0.29) is 11.8 Å². The van der Waals surface area contributed by atoms with Crippen molar-refractivity contribution in [3.63, 3.8) is 0 Å². The van der Waals surface area contributed by atoms with E-state index in [0.29, 0.717) is 19.1 Å². The molecule has 1 aliphatic carbocycles. The maximum absolute atomic E-state index is 11.6. The van der Waals surface area contributed by atoms with Gasteiger partial charge in [0, 0.05) is 44.5 Å². The maximum Gasteiger partial charge on any atom is 0.222 e. The average molecular weight is 358 g/mol. The van der Waals surface area contributed by atoms with Crippen molar-refractivity contribution in [3.05, 3.63) is 23.9 Å². The number of piperidine rings is 1. The Labute approximate surface area is 155 Å². The van der Waals surface area contributed by atoms with E-state index >= 15 is 0 Å². The molecule has 7 heteroatoms. The third-order valence-electron chi connectivity index (χ3n) is 5.36. The highest BCUT2D eigenvalue weighted by Crippen LogP contribution is 2.24. The van der Waals surface area contributed by atoms with E-state index < -0.39 is 0 Å². The van der Waals surface area contributed by atoms with Gasteiger partial charge in [0.25, 0.3) is 0 Å². The van der Waals surface area contributed by atoms with Crippen LogP contribution in [0.15, 0.2) is 23.3 Å². The number of aliphatic imine (C=N–C) groups is 1. The van der Waals surface area contributed by atoms with Crippen molar-refractivity contribution in [3.8, 4) is 0 Å². The molecule has 3 rings (SSSR count). The summed E-state index contributed by atoms with van der Waals surface area (Å²) in [6.45, 7) is 2.20. The van der Waals surface area contributed by atoms with Crippen LogP contribution in [0.25, 0.3) is 0 Å². The van der Waals surface area contributed by atoms with Crippen LogP contribution in [0, 0.1) is 5.92 Å². The van der Waals surface area contributed by atoms with Gasteiger partial charge in [0.15, 0.2) is 5.96 Å². The lowest BCUT2D eigenvalue weighted by Gasteiger charge is -2.33. The first-order chi connectivity index (χ1) is 12.7. The predicted octanol–water partition coefficient (Wildman–Crippen LogP) is 1.39. The number of carbonyl (C=O) groups excluding carboxylic acids is 1. The van der Waals surface area contributed by atoms with Gasteiger partial charge in [-0.2, -0.15) is 0 Å². The highest BCUT2D eigenvalue weighted by Gasteiger charge is 2.26. The number of guanidine groups is 1. The molecule has 7 nitrogen and oxygen atoms in total. The minimum absolute atomic E-state index is 0.0941. The van der Waals surface area contributed by atoms with Gasteiger partial charge in [-0.1, -0.05) is 18.9 Å². The Bertz CT molecular complexity index is 641. The van der Waals surface area contributed by atoms with E-state index in [1.54, 1.807) is 13.2 Å². The number of nitrogens with zero attached hydrogens (tertiary/aromatic N) is 3. The zero-order valence-corrected chi connectivity index (χ0v) is 15.6. The minimum Gasteiger partial charge on any atom is -0.369 e. The standard InChI is InChI=1S/C19H30N6O/c1-21-19(24-16-8-2-3-9-16)23-12-14-6-4-10-22-18(14)25-11-5-7-15(13-25)17(20)26/h4,6,10,15-16H,2-3,5,7-9,11-13H2,1H3,(H2,20,26)(H2,21,23,24). The van der Waals surface area contributed by atoms with E-state index in [0.717, 1.165) is 36.7 Å². The van der Waals surface area contributed by atoms with Gasteiger partial charge in [-0.15, -0.1) is 0 Å². The van der Waals surface area contributed by atoms with Crippen molar-refractivity contribution >= 4 is 17.7 Å². The summed E-state index contributed by atoms with van der Waals surface area (Å²) in [4.78, 5) is 22.7. The first-order valence-electron chi connectivity index (χ1n) is 9.62. The van der Waals surface area contributed by atoms with Gasteiger partial charge in [-0.3, -0.25) is 9.79 Å². The normalized spacial score (nSPS) is 21.7. The second kappa shape index (κ2) is 8.87. The summed E-state index contributed by atoms with van der Waals surface area (Å²) in [6.07, 6.45) is 8.63. The van der Waals surface area contributed by atoms with E-state index in [1.807, 2.05) is 6.07 Å². The first-order valence-corrected chi connectivity index (χ1v) is 9.62. The predicted molar refractivity (Wildman–Crippen MR) is 104 cm³/mol. The van der Waals surface area contributed by atoms with Crippen LogP contribution in [-0.4, -0.2) is 43.0 Å². The van der Waals surface area contributed by atoms with Crippen LogP contribution in [0.3, 0.4) is 0 Å². The molecule has 26 heavy (non-hydrogen) atoms. The molecule has 1 aliphatic heterocycles. The second-order valence-electron chi connectivity index (χ2n) is 7.23. The second-order valence-corrected chi connectivity index (χ2v) is 7.23. The third kappa shape index (κ3) is 4.65. The minimum atomic E-state index is -0.216. The van der Waals surface area contributed by atoms with Gasteiger partial charge in [-0.05, 0) is 31.7 Å². The number of aromatic nitrogens is 1. The Hall–Kier alpha value is -2.31. The van der Waals surface area contributed by atoms with Gasteiger partial charge in [0.1, 0.15) is 5.82 Å². The Morgan fingerprint density at radius 2 is 2.15 bits per heavy atom.